The maximum Gasteiger partial charge on any atom is 0.416 e. The Bertz CT molecular complexity index is 1600. The van der Waals surface area contributed by atoms with Gasteiger partial charge in [-0.3, -0.25) is 14.4 Å². The number of rotatable bonds is 5. The molecule has 2 N–H and O–H groups in total. The van der Waals surface area contributed by atoms with E-state index in [1.165, 1.54) is 25.1 Å². The number of amides is 3. The first-order valence-electron chi connectivity index (χ1n) is 12.8. The van der Waals surface area contributed by atoms with E-state index in [1.807, 2.05) is 0 Å². The molecule has 0 spiro atoms. The number of fused-ring (bicyclic) bond motifs is 1. The molecular weight excluding hydrogens is 585 g/mol. The van der Waals surface area contributed by atoms with Crippen molar-refractivity contribution in [1.29, 1.82) is 0 Å². The molecule has 3 aromatic carbocycles. The lowest BCUT2D eigenvalue weighted by Gasteiger charge is -2.32. The van der Waals surface area contributed by atoms with Gasteiger partial charge in [-0.25, -0.2) is 8.78 Å². The molecule has 220 valence electrons. The molecule has 3 amide bonds. The van der Waals surface area contributed by atoms with Crippen LogP contribution in [0.3, 0.4) is 0 Å². The van der Waals surface area contributed by atoms with Crippen molar-refractivity contribution in [2.24, 2.45) is 0 Å². The van der Waals surface area contributed by atoms with Crippen molar-refractivity contribution >= 4 is 35.0 Å². The number of halogens is 6. The maximum atomic E-state index is 14.2. The summed E-state index contributed by atoms with van der Waals surface area (Å²) >= 11 is 6.31. The van der Waals surface area contributed by atoms with Gasteiger partial charge in [0, 0.05) is 41.2 Å². The Labute approximate surface area is 241 Å². The number of benzene rings is 3. The molecule has 0 saturated carbocycles. The van der Waals surface area contributed by atoms with Crippen molar-refractivity contribution in [1.82, 2.24) is 10.2 Å². The fourth-order valence-corrected chi connectivity index (χ4v) is 5.37. The summed E-state index contributed by atoms with van der Waals surface area (Å²) in [6, 6.07) is 6.69. The van der Waals surface area contributed by atoms with Crippen LogP contribution in [0.2, 0.25) is 5.02 Å². The highest BCUT2D eigenvalue weighted by Gasteiger charge is 2.36. The molecule has 0 aromatic heterocycles. The summed E-state index contributed by atoms with van der Waals surface area (Å²) in [5.74, 6) is -3.61. The van der Waals surface area contributed by atoms with Gasteiger partial charge in [-0.2, -0.15) is 13.2 Å². The molecule has 0 radical (unpaired) electrons. The van der Waals surface area contributed by atoms with Gasteiger partial charge in [0.2, 0.25) is 5.91 Å². The fraction of sp³-hybridized carbons (Fsp3) is 0.276. The molecule has 2 aliphatic rings. The zero-order chi connectivity index (χ0) is 30.3. The van der Waals surface area contributed by atoms with Gasteiger partial charge in [0.15, 0.2) is 0 Å². The summed E-state index contributed by atoms with van der Waals surface area (Å²) in [5.41, 5.74) is -1.65. The van der Waals surface area contributed by atoms with E-state index in [1.54, 1.807) is 4.90 Å². The lowest BCUT2D eigenvalue weighted by Crippen LogP contribution is -2.43. The van der Waals surface area contributed by atoms with Gasteiger partial charge in [0.1, 0.15) is 23.5 Å². The topological polar surface area (TPSA) is 87.7 Å². The average Bonchev–Trinajstić information content (AvgIpc) is 3.25. The second kappa shape index (κ2) is 11.2. The molecule has 2 heterocycles. The van der Waals surface area contributed by atoms with Crippen LogP contribution in [0, 0.1) is 11.6 Å². The molecular formula is C29H23ClF5N3O4. The van der Waals surface area contributed by atoms with Crippen molar-refractivity contribution in [3.8, 4) is 5.75 Å². The molecule has 1 fully saturated rings. The highest BCUT2D eigenvalue weighted by molar-refractivity contribution is 6.31. The minimum atomic E-state index is -4.91. The van der Waals surface area contributed by atoms with E-state index in [4.69, 9.17) is 16.3 Å². The number of carbonyl (C=O) groups is 3. The van der Waals surface area contributed by atoms with E-state index in [0.717, 1.165) is 12.1 Å². The molecule has 2 aliphatic heterocycles. The lowest BCUT2D eigenvalue weighted by molar-refractivity contribution is -0.137. The number of nitrogens with one attached hydrogen (secondary N) is 2. The Balaban J connectivity index is 1.57. The Morgan fingerprint density at radius 2 is 1.83 bits per heavy atom. The predicted molar refractivity (Wildman–Crippen MR) is 142 cm³/mol. The Morgan fingerprint density at radius 3 is 2.55 bits per heavy atom. The van der Waals surface area contributed by atoms with Crippen LogP contribution in [0.5, 0.6) is 5.75 Å². The van der Waals surface area contributed by atoms with Crippen LogP contribution in [0.15, 0.2) is 48.5 Å². The molecule has 1 saturated heterocycles. The predicted octanol–water partition coefficient (Wildman–Crippen LogP) is 6.11. The second-order valence-corrected chi connectivity index (χ2v) is 10.4. The van der Waals surface area contributed by atoms with Crippen LogP contribution in [0.25, 0.3) is 0 Å². The minimum absolute atomic E-state index is 0.0441. The van der Waals surface area contributed by atoms with Crippen LogP contribution in [-0.2, 0) is 11.0 Å². The number of ether oxygens (including phenoxy) is 1. The SMILES string of the molecule is CC(=O)N1CCC[C@@H](Oc2cc(NC(=O)c3cc(F)cc(C(F)(F)F)c3)c3c(c2)C(=O)NC3c2cc(F)ccc2Cl)C1. The number of hydrogen-bond acceptors (Lipinski definition) is 4. The quantitative estimate of drug-likeness (QED) is 0.343. The van der Waals surface area contributed by atoms with Gasteiger partial charge >= 0.3 is 6.18 Å². The smallest absolute Gasteiger partial charge is 0.416 e. The van der Waals surface area contributed by atoms with Gasteiger partial charge in [0.25, 0.3) is 11.8 Å². The van der Waals surface area contributed by atoms with Crippen molar-refractivity contribution in [3.63, 3.8) is 0 Å². The van der Waals surface area contributed by atoms with Crippen LogP contribution in [0.4, 0.5) is 27.6 Å². The van der Waals surface area contributed by atoms with Gasteiger partial charge < -0.3 is 20.3 Å². The molecule has 3 aromatic rings. The van der Waals surface area contributed by atoms with E-state index in [9.17, 15) is 36.3 Å². The van der Waals surface area contributed by atoms with E-state index in [2.05, 4.69) is 10.6 Å². The van der Waals surface area contributed by atoms with Crippen molar-refractivity contribution in [3.05, 3.63) is 93.0 Å². The summed E-state index contributed by atoms with van der Waals surface area (Å²) in [6.07, 6.45) is -4.09. The number of likely N-dealkylation sites (tertiary alicyclic amines) is 1. The molecule has 13 heteroatoms. The van der Waals surface area contributed by atoms with Gasteiger partial charge in [-0.05, 0) is 55.3 Å². The minimum Gasteiger partial charge on any atom is -0.488 e. The maximum absolute atomic E-state index is 14.2. The van der Waals surface area contributed by atoms with Gasteiger partial charge in [-0.15, -0.1) is 0 Å². The standard InChI is InChI=1S/C29H23ClF5N3O4/c1-14(39)38-6-2-3-19(13-38)42-20-11-22-25(26(37-28(22)41)21-10-17(31)4-5-23(21)30)24(12-20)36-27(40)15-7-16(29(33,34)35)9-18(32)8-15/h4-5,7-12,19,26H,2-3,6,13H2,1H3,(H,36,40)(H,37,41)/t19-,26?/m1/s1. The summed E-state index contributed by atoms with van der Waals surface area (Å²) < 4.78 is 74.2. The largest absolute Gasteiger partial charge is 0.488 e. The van der Waals surface area contributed by atoms with E-state index in [-0.39, 0.29) is 51.7 Å². The van der Waals surface area contributed by atoms with Crippen molar-refractivity contribution in [2.75, 3.05) is 18.4 Å². The normalized spacial score (nSPS) is 18.4. The monoisotopic (exact) mass is 607 g/mol. The number of hydrogen-bond donors (Lipinski definition) is 2. The van der Waals surface area contributed by atoms with Gasteiger partial charge in [-0.1, -0.05) is 11.6 Å². The Hall–Kier alpha value is -4.19. The highest BCUT2D eigenvalue weighted by Crippen LogP contribution is 2.42. The summed E-state index contributed by atoms with van der Waals surface area (Å²) in [4.78, 5) is 39.8. The first-order chi connectivity index (χ1) is 19.8. The van der Waals surface area contributed by atoms with E-state index >= 15 is 0 Å². The Kier molecular flexibility index (Phi) is 7.84. The summed E-state index contributed by atoms with van der Waals surface area (Å²) in [6.45, 7) is 2.28. The third-order valence-electron chi connectivity index (χ3n) is 7.09. The Morgan fingerprint density at radius 1 is 1.07 bits per heavy atom. The lowest BCUT2D eigenvalue weighted by atomic mass is 9.95. The highest BCUT2D eigenvalue weighted by atomic mass is 35.5. The molecule has 0 bridgehead atoms. The molecule has 42 heavy (non-hydrogen) atoms. The first kappa shape index (κ1) is 29.3. The van der Waals surface area contributed by atoms with Crippen molar-refractivity contribution < 1.29 is 41.1 Å². The fourth-order valence-electron chi connectivity index (χ4n) is 5.14. The number of piperidine rings is 1. The third kappa shape index (κ3) is 6.03. The van der Waals surface area contributed by atoms with Crippen LogP contribution >= 0.6 is 11.6 Å². The van der Waals surface area contributed by atoms with Crippen molar-refractivity contribution in [2.45, 2.75) is 38.1 Å². The zero-order valence-corrected chi connectivity index (χ0v) is 22.7. The molecule has 5 rings (SSSR count). The molecule has 0 aliphatic carbocycles. The molecule has 2 atom stereocenters. The first-order valence-corrected chi connectivity index (χ1v) is 13.2. The number of anilines is 1. The number of alkyl halides is 3. The molecule has 1 unspecified atom stereocenters. The van der Waals surface area contributed by atoms with Crippen LogP contribution < -0.4 is 15.4 Å². The number of nitrogens with zero attached hydrogens (tertiary/aromatic N) is 1. The van der Waals surface area contributed by atoms with Crippen LogP contribution in [0.1, 0.15) is 63.2 Å². The molecule has 7 nitrogen and oxygen atoms in total. The summed E-state index contributed by atoms with van der Waals surface area (Å²) in [5, 5.41) is 5.28. The third-order valence-corrected chi connectivity index (χ3v) is 7.44. The number of carbonyl (C=O) groups excluding carboxylic acids is 3. The second-order valence-electron chi connectivity index (χ2n) is 10.0. The summed E-state index contributed by atoms with van der Waals surface area (Å²) in [7, 11) is 0. The average molecular weight is 608 g/mol. The van der Waals surface area contributed by atoms with E-state index in [0.29, 0.717) is 31.5 Å². The van der Waals surface area contributed by atoms with E-state index < -0.39 is 52.9 Å². The zero-order valence-electron chi connectivity index (χ0n) is 21.9. The van der Waals surface area contributed by atoms with Crippen LogP contribution in [-0.4, -0.2) is 41.8 Å². The van der Waals surface area contributed by atoms with Gasteiger partial charge in [0.05, 0.1) is 29.4 Å².